The average Bonchev–Trinajstić information content (AvgIpc) is 0.790. The summed E-state index contributed by atoms with van der Waals surface area (Å²) in [6.07, 6.45) is 14.2. The van der Waals surface area contributed by atoms with Gasteiger partial charge in [-0.25, -0.2) is 83.4 Å². The number of nitrogen functional groups attached to an aromatic ring is 1. The number of nitrogens with two attached hydrogens (primary N) is 1. The molecule has 0 aliphatic carbocycles. The number of hydrogen-bond donors (Lipinski definition) is 4. The first-order chi connectivity index (χ1) is 65.8. The van der Waals surface area contributed by atoms with Gasteiger partial charge >= 0.3 is 61.3 Å². The summed E-state index contributed by atoms with van der Waals surface area (Å²) in [6.45, 7) is 41.4. The Balaban J connectivity index is 0.000000216. The van der Waals surface area contributed by atoms with E-state index in [2.05, 4.69) is 106 Å². The number of Topliss-reactive ketones (excluding diaryl/α,β-unsaturated/α-hetero) is 2. The fraction of sp³-hybridized carbons (Fsp3) is 0.449. The minimum atomic E-state index is -1.40. The Kier molecular flexibility index (Phi) is 41.8. The van der Waals surface area contributed by atoms with Crippen LogP contribution in [0, 0.1) is 0 Å². The number of carbonyl (C=O) groups excluding carboxylic acids is 10. The van der Waals surface area contributed by atoms with Crippen LogP contribution in [0.2, 0.25) is 0 Å². The zero-order valence-corrected chi connectivity index (χ0v) is 84.5. The molecule has 0 unspecified atom stereocenters. The van der Waals surface area contributed by atoms with E-state index < -0.39 is 46.4 Å². The first kappa shape index (κ1) is 112. The quantitative estimate of drug-likeness (QED) is 0.0231. The molecule has 0 saturated carbocycles. The molecule has 5 amide bonds. The van der Waals surface area contributed by atoms with E-state index in [1.165, 1.54) is 39.0 Å². The van der Waals surface area contributed by atoms with Crippen LogP contribution in [0.4, 0.5) is 58.1 Å². The van der Waals surface area contributed by atoms with Gasteiger partial charge in [-0.1, -0.05) is 72.8 Å². The van der Waals surface area contributed by atoms with Gasteiger partial charge in [0, 0.05) is 168 Å². The third kappa shape index (κ3) is 37.3. The fourth-order valence-corrected chi connectivity index (χ4v) is 13.9. The number of nitrogens with zero attached hydrogens (tertiary/aromatic N) is 18. The van der Waals surface area contributed by atoms with Gasteiger partial charge in [0.1, 0.15) is 34.0 Å². The average molecular weight is 1990 g/mol. The van der Waals surface area contributed by atoms with Crippen molar-refractivity contribution < 1.29 is 105 Å². The molecule has 5 fully saturated rings. The Morgan fingerprint density at radius 1 is 0.357 bits per heavy atom. The minimum Gasteiger partial charge on any atom is -0.542 e. The predicted molar refractivity (Wildman–Crippen MR) is 525 cm³/mol. The predicted octanol–water partition coefficient (Wildman–Crippen LogP) is 8.61. The number of methoxy groups -OCH3 is 2. The van der Waals surface area contributed by atoms with E-state index in [1.54, 1.807) is 83.6 Å². The minimum absolute atomic E-state index is 0. The van der Waals surface area contributed by atoms with E-state index in [0.29, 0.717) is 101 Å². The fourth-order valence-electron chi connectivity index (χ4n) is 13.7. The second-order valence-corrected chi connectivity index (χ2v) is 38.1. The van der Waals surface area contributed by atoms with Crippen molar-refractivity contribution in [3.63, 3.8) is 0 Å². The number of carboxylic acid groups (broad SMARTS) is 1. The van der Waals surface area contributed by atoms with Crippen molar-refractivity contribution in [1.82, 2.24) is 80.1 Å². The Labute approximate surface area is 836 Å². The molecular formula is C98H126BrLiN22O18. The van der Waals surface area contributed by atoms with Crippen LogP contribution in [0.15, 0.2) is 164 Å². The molecule has 0 spiro atoms. The molecule has 0 radical (unpaired) electrons. The number of aromatic carboxylic acids is 1. The summed E-state index contributed by atoms with van der Waals surface area (Å²) >= 11 is 3.14. The largest absolute Gasteiger partial charge is 1.00 e. The third-order valence-electron chi connectivity index (χ3n) is 20.5. The van der Waals surface area contributed by atoms with Gasteiger partial charge in [-0.2, -0.15) is 0 Å². The van der Waals surface area contributed by atoms with Crippen molar-refractivity contribution in [3.05, 3.63) is 204 Å². The summed E-state index contributed by atoms with van der Waals surface area (Å²) in [6, 6.07) is 31.2. The Hall–Kier alpha value is -13.6. The number of hydrogen-bond acceptors (Lipinski definition) is 35. The second kappa shape index (κ2) is 52.4. The molecule has 10 heterocycles. The molecule has 5 aromatic heterocycles. The molecule has 744 valence electrons. The molecule has 42 heteroatoms. The molecule has 5 N–H and O–H groups in total. The smallest absolute Gasteiger partial charge is 0.542 e. The molecule has 4 aromatic carbocycles. The van der Waals surface area contributed by atoms with E-state index in [1.807, 2.05) is 179 Å². The van der Waals surface area contributed by atoms with Gasteiger partial charge in [0.25, 0.3) is 0 Å². The summed E-state index contributed by atoms with van der Waals surface area (Å²) in [5.74, 6) is -2.85. The van der Waals surface area contributed by atoms with Crippen LogP contribution in [0.1, 0.15) is 168 Å². The van der Waals surface area contributed by atoms with Crippen LogP contribution >= 0.6 is 15.9 Å². The van der Waals surface area contributed by atoms with E-state index in [0.717, 1.165) is 102 Å². The zero-order valence-electron chi connectivity index (χ0n) is 82.9. The maximum atomic E-state index is 13.3. The number of rotatable bonds is 16. The topological polar surface area (TPSA) is 475 Å². The maximum Gasteiger partial charge on any atom is 1.00 e. The number of esters is 2. The molecule has 5 aliphatic rings. The first-order valence-corrected chi connectivity index (χ1v) is 46.2. The number of benzene rings is 4. The molecular weight excluding hydrogens is 1860 g/mol. The Morgan fingerprint density at radius 3 is 0.971 bits per heavy atom. The van der Waals surface area contributed by atoms with Crippen molar-refractivity contribution in [3.8, 4) is 22.3 Å². The number of anilines is 6. The van der Waals surface area contributed by atoms with Gasteiger partial charge in [0.05, 0.1) is 91.0 Å². The number of carbonyl (C=O) groups is 10. The normalized spacial score (nSPS) is 14.4. The number of aromatic nitrogens is 10. The third-order valence-corrected chi connectivity index (χ3v) is 20.9. The molecule has 0 atom stereocenters. The molecule has 0 bridgehead atoms. The number of ether oxygens (including phenoxy) is 7. The van der Waals surface area contributed by atoms with Gasteiger partial charge < -0.3 is 98.6 Å². The van der Waals surface area contributed by atoms with Crippen molar-refractivity contribution in [1.29, 1.82) is 0 Å². The van der Waals surface area contributed by atoms with Crippen LogP contribution in [-0.4, -0.2) is 303 Å². The van der Waals surface area contributed by atoms with Crippen LogP contribution in [0.25, 0.3) is 22.3 Å². The number of ketones is 2. The number of amides is 5. The molecule has 9 aromatic rings. The molecule has 14 rings (SSSR count). The number of halogens is 1. The first-order valence-electron chi connectivity index (χ1n) is 45.4. The van der Waals surface area contributed by atoms with E-state index in [4.69, 9.17) is 29.4 Å². The van der Waals surface area contributed by atoms with Gasteiger partial charge in [-0.05, 0) is 177 Å². The van der Waals surface area contributed by atoms with E-state index >= 15 is 0 Å². The van der Waals surface area contributed by atoms with Crippen LogP contribution < -0.4 is 65.3 Å². The second-order valence-electron chi connectivity index (χ2n) is 37.2. The maximum absolute atomic E-state index is 13.3. The summed E-state index contributed by atoms with van der Waals surface area (Å²) in [7, 11) is 2.57. The van der Waals surface area contributed by atoms with Crippen molar-refractivity contribution in [2.24, 2.45) is 0 Å². The summed E-state index contributed by atoms with van der Waals surface area (Å²) < 4.78 is 36.5. The van der Waals surface area contributed by atoms with Crippen LogP contribution in [0.5, 0.6) is 0 Å². The molecule has 5 aliphatic heterocycles. The van der Waals surface area contributed by atoms with Gasteiger partial charge in [0.15, 0.2) is 17.5 Å². The molecule has 5 saturated heterocycles. The van der Waals surface area contributed by atoms with Gasteiger partial charge in [0.2, 0.25) is 23.2 Å². The molecule has 40 nitrogen and oxygen atoms in total. The Morgan fingerprint density at radius 2 is 0.643 bits per heavy atom. The summed E-state index contributed by atoms with van der Waals surface area (Å²) in [5.41, 5.74) is 13.3. The summed E-state index contributed by atoms with van der Waals surface area (Å²) in [4.78, 5) is 174. The van der Waals surface area contributed by atoms with Gasteiger partial charge in [-0.3, -0.25) is 14.9 Å². The van der Waals surface area contributed by atoms with Gasteiger partial charge in [-0.15, -0.1) is 0 Å². The SMILES string of the molecule is CC(C)(C)OC(=O)N1CCN(c2cnc(C(=O)[O-])nc2)CC1.CC(C)(C)OC(=O)N1CCNCC1.CC(C)(C)OC(=O)Nc1ccc(-c2ccccc2)cc1CC(=O)c1ncc(N2CCN(C(=O)OC(C)(C)C)CC2)cn1.COC(=O)c1ncc(Br)cn1.COC(=O)c1ncc(N2CCN(C(=O)OC(C)(C)C)CC2)cn1.Nc1ccc(-c2ccccc2)cc1CC(=O)c1ncc(N2CCNCC2)cn1.[Li+]. The standard InChI is InChI=1S/C32H39N5O5.C22H23N5O.C15H22N4O4.C14H20N4O4.C9H18N2O2.C6H5BrN2O2.Li/c1-31(2,3)41-29(39)35-26-13-12-23(22-10-8-7-9-11-22)18-24(26)19-27(38)28-33-20-25(21-34-28)36-14-16-37(17-15-36)30(40)42-32(4,5)6;23-20-7-6-17(16-4-2-1-3-5-16)12-18(20)13-21(28)22-25-14-19(15-26-22)27-10-8-24-9-11-27;1-15(2,3)23-14(21)19-7-5-18(6-8-19)11-9-16-12(17-10-11)13(20)22-4;1-14(2,3)22-13(21)18-6-4-17(5-7-18)10-8-15-11(12(19)20)16-9-10;1-9(2,3)13-8(12)11-6-4-10-5-7-11;1-11-6(10)5-8-2-4(7)3-9-5;/h7-13,18,20-21H,14-17,19H2,1-6H3,(H,35,39);1-7,12,14-15,24H,8-11,13,23H2;9-10H,5-8H2,1-4H3;8-9H,4-7H2,1-3H3,(H,19,20);10H,4-7H2,1-3H3;2-3H,1H3;/q;;;;;;+1/p-1. The van der Waals surface area contributed by atoms with Crippen molar-refractivity contribution in [2.45, 2.75) is 145 Å². The van der Waals surface area contributed by atoms with E-state index in [-0.39, 0.29) is 102 Å². The monoisotopic (exact) mass is 1980 g/mol. The van der Waals surface area contributed by atoms with Crippen LogP contribution in [-0.2, 0) is 46.0 Å². The van der Waals surface area contributed by atoms with E-state index in [9.17, 15) is 53.1 Å². The van der Waals surface area contributed by atoms with Crippen LogP contribution in [0.3, 0.4) is 0 Å². The zero-order chi connectivity index (χ0) is 101. The number of nitrogens with one attached hydrogen (secondary N) is 3. The number of carboxylic acids is 1. The van der Waals surface area contributed by atoms with Crippen molar-refractivity contribution >= 4 is 110 Å². The molecule has 140 heavy (non-hydrogen) atoms. The summed E-state index contributed by atoms with van der Waals surface area (Å²) in [5, 5.41) is 19.9. The number of piperazine rings is 5. The van der Waals surface area contributed by atoms with Crippen molar-refractivity contribution in [2.75, 3.05) is 176 Å². The Bertz CT molecular complexity index is 5550.